The fourth-order valence-corrected chi connectivity index (χ4v) is 2.07. The van der Waals surface area contributed by atoms with Gasteiger partial charge in [-0.3, -0.25) is 4.98 Å². The number of piperidine rings is 1. The third-order valence-corrected chi connectivity index (χ3v) is 2.92. The van der Waals surface area contributed by atoms with Crippen LogP contribution >= 0.6 is 0 Å². The molecule has 0 radical (unpaired) electrons. The molecule has 1 saturated heterocycles. The molecule has 1 aliphatic rings. The van der Waals surface area contributed by atoms with Gasteiger partial charge in [-0.15, -0.1) is 0 Å². The topological polar surface area (TPSA) is 16.1 Å². The maximum Gasteiger partial charge on any atom is 0.0553 e. The van der Waals surface area contributed by atoms with E-state index >= 15 is 0 Å². The van der Waals surface area contributed by atoms with Gasteiger partial charge < -0.3 is 4.90 Å². The zero-order valence-corrected chi connectivity index (χ0v) is 11.7. The molecule has 0 bridgehead atoms. The number of anilines is 1. The lowest BCUT2D eigenvalue weighted by Gasteiger charge is -2.32. The summed E-state index contributed by atoms with van der Waals surface area (Å²) in [5.74, 6) is 0.824. The van der Waals surface area contributed by atoms with Crippen molar-refractivity contribution in [1.82, 2.24) is 4.98 Å². The Kier molecular flexibility index (Phi) is 6.03. The summed E-state index contributed by atoms with van der Waals surface area (Å²) in [5.41, 5.74) is 2.38. The second-order valence-electron chi connectivity index (χ2n) is 5.06. The molecule has 0 N–H and O–H groups in total. The fraction of sp³-hybridized carbons (Fsp3) is 0.667. The first-order valence-electron chi connectivity index (χ1n) is 6.85. The molecule has 1 fully saturated rings. The second kappa shape index (κ2) is 7.31. The van der Waals surface area contributed by atoms with Gasteiger partial charge in [0.2, 0.25) is 0 Å². The molecule has 1 aliphatic heterocycles. The van der Waals surface area contributed by atoms with Crippen LogP contribution in [-0.4, -0.2) is 18.1 Å². The Morgan fingerprint density at radius 2 is 2.06 bits per heavy atom. The van der Waals surface area contributed by atoms with Crippen LogP contribution in [-0.2, 0) is 0 Å². The first-order chi connectivity index (χ1) is 8.17. The Balaban J connectivity index is 0.000000437. The van der Waals surface area contributed by atoms with Gasteiger partial charge in [0.1, 0.15) is 0 Å². The molecule has 2 heteroatoms. The monoisotopic (exact) mass is 234 g/mol. The van der Waals surface area contributed by atoms with Crippen LogP contribution in [0, 0.1) is 12.8 Å². The van der Waals surface area contributed by atoms with Crippen molar-refractivity contribution >= 4 is 5.69 Å². The average Bonchev–Trinajstić information content (AvgIpc) is 2.31. The molecular formula is C15H26N2. The maximum atomic E-state index is 4.34. The van der Waals surface area contributed by atoms with Gasteiger partial charge in [-0.05, 0) is 37.8 Å². The number of rotatable bonds is 1. The molecule has 17 heavy (non-hydrogen) atoms. The third kappa shape index (κ3) is 4.76. The molecule has 1 aromatic heterocycles. The summed E-state index contributed by atoms with van der Waals surface area (Å²) in [6.07, 6.45) is 5.93. The van der Waals surface area contributed by atoms with E-state index in [0.29, 0.717) is 0 Å². The van der Waals surface area contributed by atoms with Gasteiger partial charge in [0.05, 0.1) is 11.9 Å². The number of nitrogens with zero attached hydrogens (tertiary/aromatic N) is 2. The number of pyridine rings is 1. The lowest BCUT2D eigenvalue weighted by atomic mass is 10.00. The van der Waals surface area contributed by atoms with E-state index in [0.717, 1.165) is 11.6 Å². The van der Waals surface area contributed by atoms with Gasteiger partial charge in [0, 0.05) is 18.8 Å². The van der Waals surface area contributed by atoms with Crippen LogP contribution in [0.25, 0.3) is 0 Å². The lowest BCUT2D eigenvalue weighted by Crippen LogP contribution is -2.34. The molecule has 0 aliphatic carbocycles. The van der Waals surface area contributed by atoms with E-state index < -0.39 is 0 Å². The largest absolute Gasteiger partial charge is 0.370 e. The average molecular weight is 234 g/mol. The van der Waals surface area contributed by atoms with Crippen molar-refractivity contribution in [2.24, 2.45) is 5.92 Å². The van der Waals surface area contributed by atoms with Gasteiger partial charge in [-0.25, -0.2) is 0 Å². The molecule has 0 aromatic carbocycles. The van der Waals surface area contributed by atoms with E-state index in [9.17, 15) is 0 Å². The molecule has 0 saturated carbocycles. The zero-order valence-electron chi connectivity index (χ0n) is 11.7. The Morgan fingerprint density at radius 3 is 2.59 bits per heavy atom. The summed E-state index contributed by atoms with van der Waals surface area (Å²) >= 11 is 0. The Labute approximate surface area is 106 Å². The number of aryl methyl sites for hydroxylation is 1. The van der Waals surface area contributed by atoms with E-state index in [1.54, 1.807) is 0 Å². The van der Waals surface area contributed by atoms with Crippen LogP contribution in [0.5, 0.6) is 0 Å². The summed E-state index contributed by atoms with van der Waals surface area (Å²) in [5, 5.41) is 0. The number of hydrogen-bond donors (Lipinski definition) is 0. The van der Waals surface area contributed by atoms with Crippen LogP contribution in [0.3, 0.4) is 0 Å². The van der Waals surface area contributed by atoms with E-state index in [1.807, 2.05) is 13.1 Å². The molecule has 1 atom stereocenters. The summed E-state index contributed by atoms with van der Waals surface area (Å²) in [4.78, 5) is 6.78. The van der Waals surface area contributed by atoms with Crippen LogP contribution in [0.2, 0.25) is 0 Å². The summed E-state index contributed by atoms with van der Waals surface area (Å²) in [6, 6.07) is 4.27. The summed E-state index contributed by atoms with van der Waals surface area (Å²) in [6.45, 7) is 11.0. The Bertz CT molecular complexity index is 305. The van der Waals surface area contributed by atoms with Gasteiger partial charge in [0.15, 0.2) is 0 Å². The molecule has 2 rings (SSSR count). The lowest BCUT2D eigenvalue weighted by molar-refractivity contribution is 0.446. The molecule has 2 heterocycles. The second-order valence-corrected chi connectivity index (χ2v) is 5.06. The molecule has 2 nitrogen and oxygen atoms in total. The van der Waals surface area contributed by atoms with Crippen molar-refractivity contribution in [2.75, 3.05) is 18.0 Å². The predicted octanol–water partition coefficient (Wildman–Crippen LogP) is 4.04. The summed E-state index contributed by atoms with van der Waals surface area (Å²) in [7, 11) is 0. The SMILES string of the molecule is CCC.Cc1ccc(N2CCC[C@H](C)C2)cn1. The molecule has 0 spiro atoms. The van der Waals surface area contributed by atoms with Gasteiger partial charge in [0.25, 0.3) is 0 Å². The Morgan fingerprint density at radius 1 is 1.35 bits per heavy atom. The standard InChI is InChI=1S/C12H18N2.C3H8/c1-10-4-3-7-14(9-10)12-6-5-11(2)13-8-12;1-3-2/h5-6,8,10H,3-4,7,9H2,1-2H3;3H2,1-2H3/t10-;/m0./s1. The van der Waals surface area contributed by atoms with E-state index in [-0.39, 0.29) is 0 Å². The molecular weight excluding hydrogens is 208 g/mol. The van der Waals surface area contributed by atoms with E-state index in [2.05, 4.69) is 42.8 Å². The molecule has 1 aromatic rings. The van der Waals surface area contributed by atoms with Crippen molar-refractivity contribution in [3.05, 3.63) is 24.0 Å². The quantitative estimate of drug-likeness (QED) is 0.729. The first-order valence-corrected chi connectivity index (χ1v) is 6.85. The van der Waals surface area contributed by atoms with Crippen molar-refractivity contribution in [3.8, 4) is 0 Å². The van der Waals surface area contributed by atoms with Crippen LogP contribution in [0.15, 0.2) is 18.3 Å². The first kappa shape index (κ1) is 14.0. The van der Waals surface area contributed by atoms with Gasteiger partial charge >= 0.3 is 0 Å². The van der Waals surface area contributed by atoms with Crippen LogP contribution in [0.1, 0.15) is 45.7 Å². The minimum atomic E-state index is 0.824. The smallest absolute Gasteiger partial charge is 0.0553 e. The van der Waals surface area contributed by atoms with Crippen LogP contribution < -0.4 is 4.90 Å². The summed E-state index contributed by atoms with van der Waals surface area (Å²) < 4.78 is 0. The maximum absolute atomic E-state index is 4.34. The number of hydrogen-bond acceptors (Lipinski definition) is 2. The minimum absolute atomic E-state index is 0.824. The Hall–Kier alpha value is -1.05. The molecule has 0 unspecified atom stereocenters. The highest BCUT2D eigenvalue weighted by Crippen LogP contribution is 2.21. The highest BCUT2D eigenvalue weighted by Gasteiger charge is 2.16. The molecule has 0 amide bonds. The fourth-order valence-electron chi connectivity index (χ4n) is 2.07. The number of aromatic nitrogens is 1. The van der Waals surface area contributed by atoms with Gasteiger partial charge in [-0.2, -0.15) is 0 Å². The zero-order chi connectivity index (χ0) is 12.7. The van der Waals surface area contributed by atoms with E-state index in [1.165, 1.54) is 38.0 Å². The minimum Gasteiger partial charge on any atom is -0.370 e. The normalized spacial score (nSPS) is 19.5. The highest BCUT2D eigenvalue weighted by atomic mass is 15.1. The van der Waals surface area contributed by atoms with Crippen molar-refractivity contribution in [3.63, 3.8) is 0 Å². The third-order valence-electron chi connectivity index (χ3n) is 2.92. The predicted molar refractivity (Wildman–Crippen MR) is 75.6 cm³/mol. The highest BCUT2D eigenvalue weighted by molar-refractivity contribution is 5.44. The molecule has 96 valence electrons. The van der Waals surface area contributed by atoms with Crippen LogP contribution in [0.4, 0.5) is 5.69 Å². The van der Waals surface area contributed by atoms with Crippen molar-refractivity contribution < 1.29 is 0 Å². The van der Waals surface area contributed by atoms with Gasteiger partial charge in [-0.1, -0.05) is 27.2 Å². The van der Waals surface area contributed by atoms with Crippen molar-refractivity contribution in [2.45, 2.75) is 47.0 Å². The van der Waals surface area contributed by atoms with E-state index in [4.69, 9.17) is 0 Å². The van der Waals surface area contributed by atoms with Crippen molar-refractivity contribution in [1.29, 1.82) is 0 Å².